The van der Waals surface area contributed by atoms with Gasteiger partial charge in [-0.2, -0.15) is 5.10 Å². The van der Waals surface area contributed by atoms with Crippen LogP contribution in [0.5, 0.6) is 0 Å². The molecule has 5 atom stereocenters. The number of nitrogens with one attached hydrogen (secondary N) is 1. The van der Waals surface area contributed by atoms with Crippen molar-refractivity contribution in [3.05, 3.63) is 53.9 Å². The molecule has 9 heteroatoms. The Bertz CT molecular complexity index is 1160. The summed E-state index contributed by atoms with van der Waals surface area (Å²) in [5, 5.41) is 7.52. The number of hydrogen-bond acceptors (Lipinski definition) is 6. The van der Waals surface area contributed by atoms with Crippen LogP contribution in [0.15, 0.2) is 42.7 Å². The molecule has 1 aromatic heterocycles. The molecule has 0 spiro atoms. The lowest BCUT2D eigenvalue weighted by Crippen LogP contribution is -2.63. The highest BCUT2D eigenvalue weighted by Gasteiger charge is 2.67. The number of esters is 1. The molecule has 37 heavy (non-hydrogen) atoms. The Kier molecular flexibility index (Phi) is 6.51. The Morgan fingerprint density at radius 2 is 1.97 bits per heavy atom. The Balaban J connectivity index is 1.34. The number of rotatable bonds is 7. The average Bonchev–Trinajstić information content (AvgIpc) is 3.42. The molecular formula is C28H38BN3O5. The van der Waals surface area contributed by atoms with Gasteiger partial charge in [0.25, 0.3) is 0 Å². The van der Waals surface area contributed by atoms with Crippen molar-refractivity contribution in [2.24, 2.45) is 17.3 Å². The molecule has 2 aromatic rings. The number of nitrogens with zero attached hydrogens (tertiary/aromatic N) is 2. The molecule has 1 amide bonds. The molecule has 4 aliphatic rings. The van der Waals surface area contributed by atoms with Crippen LogP contribution in [-0.2, 0) is 31.8 Å². The second kappa shape index (κ2) is 9.28. The summed E-state index contributed by atoms with van der Waals surface area (Å²) < 4.78 is 20.3. The number of hydrogen-bond donors (Lipinski definition) is 1. The summed E-state index contributed by atoms with van der Waals surface area (Å²) >= 11 is 0. The molecule has 0 radical (unpaired) electrons. The molecule has 1 saturated heterocycles. The predicted molar refractivity (Wildman–Crippen MR) is 140 cm³/mol. The van der Waals surface area contributed by atoms with Crippen molar-refractivity contribution in [2.45, 2.75) is 90.6 Å². The first-order valence-electron chi connectivity index (χ1n) is 13.3. The molecular weight excluding hydrogens is 469 g/mol. The molecule has 4 fully saturated rings. The fraction of sp³-hybridized carbons (Fsp3) is 0.607. The minimum absolute atomic E-state index is 0.0130. The molecule has 1 N–H and O–H groups in total. The van der Waals surface area contributed by atoms with Crippen molar-refractivity contribution >= 4 is 19.0 Å². The Labute approximate surface area is 219 Å². The quantitative estimate of drug-likeness (QED) is 0.453. The summed E-state index contributed by atoms with van der Waals surface area (Å²) in [6.07, 6.45) is 5.49. The van der Waals surface area contributed by atoms with Crippen molar-refractivity contribution in [3.63, 3.8) is 0 Å². The molecule has 3 saturated carbocycles. The van der Waals surface area contributed by atoms with Crippen LogP contribution in [-0.4, -0.2) is 52.0 Å². The maximum Gasteiger partial charge on any atom is 0.483 e. The summed E-state index contributed by atoms with van der Waals surface area (Å²) in [5.74, 6) is 0.0235. The molecule has 8 nitrogen and oxygen atoms in total. The predicted octanol–water partition coefficient (Wildman–Crippen LogP) is 3.83. The number of ether oxygens (including phenoxy) is 1. The molecule has 198 valence electrons. The van der Waals surface area contributed by atoms with Gasteiger partial charge >= 0.3 is 13.1 Å². The van der Waals surface area contributed by atoms with Gasteiger partial charge in [-0.15, -0.1) is 0 Å². The first kappa shape index (κ1) is 26.0. The van der Waals surface area contributed by atoms with E-state index in [1.54, 1.807) is 10.9 Å². The Hall–Kier alpha value is -2.65. The van der Waals surface area contributed by atoms with Crippen molar-refractivity contribution in [1.29, 1.82) is 0 Å². The van der Waals surface area contributed by atoms with Gasteiger partial charge in [-0.3, -0.25) is 9.48 Å². The minimum atomic E-state index is -0.612. The van der Waals surface area contributed by atoms with Gasteiger partial charge in [-0.05, 0) is 63.4 Å². The first-order chi connectivity index (χ1) is 17.3. The van der Waals surface area contributed by atoms with Crippen LogP contribution in [0, 0.1) is 17.3 Å². The molecule has 1 unspecified atom stereocenters. The van der Waals surface area contributed by atoms with E-state index >= 15 is 0 Å². The second-order valence-corrected chi connectivity index (χ2v) is 12.7. The fourth-order valence-electron chi connectivity index (χ4n) is 6.26. The van der Waals surface area contributed by atoms with E-state index in [-0.39, 0.29) is 29.4 Å². The largest absolute Gasteiger partial charge is 0.483 e. The molecule has 6 rings (SSSR count). The van der Waals surface area contributed by atoms with E-state index in [1.807, 2.05) is 51.1 Å². The minimum Gasteiger partial charge on any atom is -0.456 e. The SMILES string of the molecule is CC(C)(C)OC(=O)c1cnn(C[C@@H](NC(=O)Cc2ccccc2)B2OC3[C@@H]4C[C@H](C[C@]3(C)O2)C4(C)C)c1. The van der Waals surface area contributed by atoms with E-state index in [9.17, 15) is 9.59 Å². The monoisotopic (exact) mass is 507 g/mol. The van der Waals surface area contributed by atoms with E-state index in [0.29, 0.717) is 23.9 Å². The maximum absolute atomic E-state index is 13.1. The normalized spacial score (nSPS) is 28.7. The maximum atomic E-state index is 13.1. The average molecular weight is 507 g/mol. The summed E-state index contributed by atoms with van der Waals surface area (Å²) in [5.41, 5.74) is 0.557. The fourth-order valence-corrected chi connectivity index (χ4v) is 6.26. The van der Waals surface area contributed by atoms with Crippen LogP contribution in [0.25, 0.3) is 0 Å². The highest BCUT2D eigenvalue weighted by atomic mass is 16.7. The van der Waals surface area contributed by atoms with Crippen LogP contribution < -0.4 is 5.32 Å². The van der Waals surface area contributed by atoms with Crippen LogP contribution in [0.3, 0.4) is 0 Å². The van der Waals surface area contributed by atoms with Gasteiger partial charge in [-0.25, -0.2) is 4.79 Å². The van der Waals surface area contributed by atoms with E-state index in [1.165, 1.54) is 6.20 Å². The standard InChI is InChI=1S/C28H38BN3O5/c1-26(2,3)35-25(34)19-15-30-32(16-19)17-22(31-23(33)12-18-10-8-7-9-11-18)29-36-24-21-13-20(27(21,4)5)14-28(24,6)37-29/h7-11,15-16,20-22,24H,12-14,17H2,1-6H3,(H,31,33)/t20-,21+,22-,24?,28+/m1/s1. The second-order valence-electron chi connectivity index (χ2n) is 12.7. The first-order valence-corrected chi connectivity index (χ1v) is 13.3. The van der Waals surface area contributed by atoms with Crippen LogP contribution in [0.1, 0.15) is 70.3 Å². The van der Waals surface area contributed by atoms with E-state index < -0.39 is 24.6 Å². The summed E-state index contributed by atoms with van der Waals surface area (Å²) in [7, 11) is -0.612. The number of benzene rings is 1. The smallest absolute Gasteiger partial charge is 0.456 e. The molecule has 2 heterocycles. The summed E-state index contributed by atoms with van der Waals surface area (Å²) in [4.78, 5) is 25.6. The third-order valence-corrected chi connectivity index (χ3v) is 8.37. The van der Waals surface area contributed by atoms with Gasteiger partial charge in [0, 0.05) is 6.20 Å². The van der Waals surface area contributed by atoms with Gasteiger partial charge in [0.15, 0.2) is 0 Å². The molecule has 2 bridgehead atoms. The highest BCUT2D eigenvalue weighted by Crippen LogP contribution is 2.64. The lowest BCUT2D eigenvalue weighted by molar-refractivity contribution is -0.185. The van der Waals surface area contributed by atoms with Crippen molar-refractivity contribution in [2.75, 3.05) is 0 Å². The third-order valence-electron chi connectivity index (χ3n) is 8.37. The van der Waals surface area contributed by atoms with Crippen LogP contribution in [0.4, 0.5) is 0 Å². The Morgan fingerprint density at radius 3 is 2.65 bits per heavy atom. The van der Waals surface area contributed by atoms with Gasteiger partial charge in [0.05, 0.1) is 42.4 Å². The van der Waals surface area contributed by atoms with Crippen LogP contribution >= 0.6 is 0 Å². The van der Waals surface area contributed by atoms with E-state index in [4.69, 9.17) is 14.0 Å². The van der Waals surface area contributed by atoms with Gasteiger partial charge in [0.1, 0.15) is 5.60 Å². The zero-order valence-corrected chi connectivity index (χ0v) is 22.7. The lowest BCUT2D eigenvalue weighted by atomic mass is 9.45. The lowest BCUT2D eigenvalue weighted by Gasteiger charge is -2.63. The van der Waals surface area contributed by atoms with Gasteiger partial charge in [0.2, 0.25) is 5.91 Å². The molecule has 1 aliphatic heterocycles. The Morgan fingerprint density at radius 1 is 1.24 bits per heavy atom. The number of carbonyl (C=O) groups excluding carboxylic acids is 2. The van der Waals surface area contributed by atoms with Gasteiger partial charge in [-0.1, -0.05) is 44.2 Å². The number of amides is 1. The highest BCUT2D eigenvalue weighted by molar-refractivity contribution is 6.47. The summed E-state index contributed by atoms with van der Waals surface area (Å²) in [6.45, 7) is 12.6. The number of carbonyl (C=O) groups is 2. The van der Waals surface area contributed by atoms with Crippen molar-refractivity contribution < 1.29 is 23.6 Å². The van der Waals surface area contributed by atoms with Crippen molar-refractivity contribution in [3.8, 4) is 0 Å². The summed E-state index contributed by atoms with van der Waals surface area (Å²) in [6, 6.07) is 9.64. The van der Waals surface area contributed by atoms with E-state index in [0.717, 1.165) is 18.4 Å². The van der Waals surface area contributed by atoms with Crippen molar-refractivity contribution in [1.82, 2.24) is 15.1 Å². The molecule has 3 aliphatic carbocycles. The number of aromatic nitrogens is 2. The zero-order valence-electron chi connectivity index (χ0n) is 22.7. The molecule has 1 aromatic carbocycles. The zero-order chi connectivity index (χ0) is 26.6. The van der Waals surface area contributed by atoms with Crippen LogP contribution in [0.2, 0.25) is 0 Å². The third kappa shape index (κ3) is 5.21. The van der Waals surface area contributed by atoms with E-state index in [2.05, 4.69) is 31.2 Å². The topological polar surface area (TPSA) is 91.7 Å². The van der Waals surface area contributed by atoms with Gasteiger partial charge < -0.3 is 19.4 Å².